The Morgan fingerprint density at radius 1 is 0.927 bits per heavy atom. The highest BCUT2D eigenvalue weighted by Gasteiger charge is 2.55. The minimum atomic E-state index is -0.984. The van der Waals surface area contributed by atoms with Gasteiger partial charge in [-0.25, -0.2) is 9.91 Å². The second kappa shape index (κ2) is 10.3. The highest BCUT2D eigenvalue weighted by Crippen LogP contribution is 2.36. The summed E-state index contributed by atoms with van der Waals surface area (Å²) in [7, 11) is 1.61. The van der Waals surface area contributed by atoms with Gasteiger partial charge in [0.1, 0.15) is 12.3 Å². The third-order valence-corrected chi connectivity index (χ3v) is 7.81. The van der Waals surface area contributed by atoms with Gasteiger partial charge in [-0.05, 0) is 56.2 Å². The van der Waals surface area contributed by atoms with Gasteiger partial charge < -0.3 is 4.74 Å². The molecule has 208 valence electrons. The highest BCUT2D eigenvalue weighted by atomic mass is 16.5. The summed E-state index contributed by atoms with van der Waals surface area (Å²) in [4.78, 5) is 41.5. The van der Waals surface area contributed by atoms with Gasteiger partial charge in [0.2, 0.25) is 0 Å². The van der Waals surface area contributed by atoms with Gasteiger partial charge >= 0.3 is 0 Å². The number of anilines is 1. The zero-order chi connectivity index (χ0) is 28.8. The molecule has 10 nitrogen and oxygen atoms in total. The molecule has 0 aromatic heterocycles. The van der Waals surface area contributed by atoms with Crippen molar-refractivity contribution in [1.82, 2.24) is 10.0 Å². The molecule has 10 heteroatoms. The zero-order valence-corrected chi connectivity index (χ0v) is 23.3. The number of amides is 3. The van der Waals surface area contributed by atoms with Crippen LogP contribution in [0.1, 0.15) is 40.3 Å². The summed E-state index contributed by atoms with van der Waals surface area (Å²) in [5.41, 5.74) is 6.40. The fourth-order valence-corrected chi connectivity index (χ4v) is 5.64. The summed E-state index contributed by atoms with van der Waals surface area (Å²) in [6, 6.07) is 18.5. The quantitative estimate of drug-likeness (QED) is 0.426. The molecule has 0 aliphatic carbocycles. The molecule has 0 bridgehead atoms. The molecule has 3 aliphatic heterocycles. The Kier molecular flexibility index (Phi) is 6.61. The third-order valence-electron chi connectivity index (χ3n) is 7.81. The molecule has 1 fully saturated rings. The van der Waals surface area contributed by atoms with Crippen molar-refractivity contribution < 1.29 is 19.1 Å². The van der Waals surface area contributed by atoms with Crippen molar-refractivity contribution in [2.24, 2.45) is 15.4 Å². The van der Waals surface area contributed by atoms with Crippen LogP contribution in [0.3, 0.4) is 0 Å². The average Bonchev–Trinajstić information content (AvgIpc) is 3.65. The number of ether oxygens (including phenoxy) is 1. The molecule has 3 atom stereocenters. The summed E-state index contributed by atoms with van der Waals surface area (Å²) < 4.78 is 5.32. The molecule has 3 aliphatic rings. The first-order valence-corrected chi connectivity index (χ1v) is 13.5. The van der Waals surface area contributed by atoms with E-state index in [0.717, 1.165) is 38.4 Å². The predicted octanol–water partition coefficient (Wildman–Crippen LogP) is 4.29. The van der Waals surface area contributed by atoms with E-state index in [1.165, 1.54) is 10.0 Å². The monoisotopic (exact) mass is 550 g/mol. The van der Waals surface area contributed by atoms with E-state index in [0.29, 0.717) is 17.9 Å². The maximum atomic E-state index is 13.8. The van der Waals surface area contributed by atoms with E-state index in [1.807, 2.05) is 69.3 Å². The molecule has 1 saturated heterocycles. The largest absolute Gasteiger partial charge is 0.497 e. The lowest BCUT2D eigenvalue weighted by Crippen LogP contribution is -2.44. The topological polar surface area (TPSA) is 107 Å². The molecule has 0 unspecified atom stereocenters. The van der Waals surface area contributed by atoms with Gasteiger partial charge in [-0.3, -0.25) is 19.4 Å². The van der Waals surface area contributed by atoms with Crippen molar-refractivity contribution in [2.45, 2.75) is 45.3 Å². The van der Waals surface area contributed by atoms with Gasteiger partial charge in [-0.1, -0.05) is 58.8 Å². The summed E-state index contributed by atoms with van der Waals surface area (Å²) in [6.07, 6.45) is 0.522. The van der Waals surface area contributed by atoms with E-state index in [1.54, 1.807) is 19.2 Å². The molecule has 0 spiro atoms. The van der Waals surface area contributed by atoms with E-state index in [-0.39, 0.29) is 18.5 Å². The molecule has 0 N–H and O–H groups in total. The Hall–Kier alpha value is -4.86. The Bertz CT molecular complexity index is 1600. The van der Waals surface area contributed by atoms with Gasteiger partial charge in [0.15, 0.2) is 12.1 Å². The summed E-state index contributed by atoms with van der Waals surface area (Å²) in [6.45, 7) is 5.75. The molecule has 3 aromatic rings. The van der Waals surface area contributed by atoms with Gasteiger partial charge in [0.25, 0.3) is 17.7 Å². The van der Waals surface area contributed by atoms with Crippen LogP contribution in [-0.2, 0) is 14.4 Å². The molecule has 6 rings (SSSR count). The van der Waals surface area contributed by atoms with Crippen LogP contribution in [0.4, 0.5) is 5.69 Å². The Morgan fingerprint density at radius 2 is 1.63 bits per heavy atom. The van der Waals surface area contributed by atoms with E-state index >= 15 is 0 Å². The van der Waals surface area contributed by atoms with E-state index in [9.17, 15) is 14.4 Å². The average molecular weight is 551 g/mol. The molecule has 41 heavy (non-hydrogen) atoms. The minimum absolute atomic E-state index is 0.248. The number of hydrogen-bond donors (Lipinski definition) is 0. The Morgan fingerprint density at radius 3 is 2.32 bits per heavy atom. The number of aryl methyl sites for hydroxylation is 3. The lowest BCUT2D eigenvalue weighted by molar-refractivity contribution is -0.135. The van der Waals surface area contributed by atoms with Gasteiger partial charge in [-0.15, -0.1) is 0 Å². The lowest BCUT2D eigenvalue weighted by atomic mass is 9.95. The maximum Gasteiger partial charge on any atom is 0.264 e. The number of carbonyl (C=O) groups is 3. The summed E-state index contributed by atoms with van der Waals surface area (Å²) in [5, 5.41) is 15.7. The van der Waals surface area contributed by atoms with Crippen molar-refractivity contribution in [3.63, 3.8) is 0 Å². The Labute approximate surface area is 237 Å². The van der Waals surface area contributed by atoms with Gasteiger partial charge in [0.05, 0.1) is 24.6 Å². The first-order valence-electron chi connectivity index (χ1n) is 13.5. The van der Waals surface area contributed by atoms with Crippen LogP contribution >= 0.6 is 0 Å². The molecule has 3 aromatic carbocycles. The van der Waals surface area contributed by atoms with E-state index < -0.39 is 23.9 Å². The fourth-order valence-electron chi connectivity index (χ4n) is 5.64. The van der Waals surface area contributed by atoms with Crippen LogP contribution in [0.15, 0.2) is 82.2 Å². The normalized spacial score (nSPS) is 21.5. The van der Waals surface area contributed by atoms with Crippen LogP contribution in [0.2, 0.25) is 0 Å². The number of benzene rings is 3. The molecule has 0 saturated carbocycles. The van der Waals surface area contributed by atoms with Crippen molar-refractivity contribution in [3.8, 4) is 5.75 Å². The summed E-state index contributed by atoms with van der Waals surface area (Å²) in [5.74, 6) is -0.533. The van der Waals surface area contributed by atoms with Crippen LogP contribution in [0.25, 0.3) is 0 Å². The first kappa shape index (κ1) is 26.4. The van der Waals surface area contributed by atoms with Crippen LogP contribution < -0.4 is 9.64 Å². The molecular weight excluding hydrogens is 520 g/mol. The standard InChI is InChI=1S/C31H30N6O4/c1-18-5-10-22(11-6-18)36-30(39)28-29(31(36)40)35(34-32-28)17-27(38)37-26(21-8-12-23(41-4)13-9-21)16-25(33-37)24-14-7-19(2)15-20(24)3/h5-15,26,28-29H,16-17H2,1-4H3/t26-,28+,29+/m0/s1. The number of rotatable bonds is 6. The molecule has 3 heterocycles. The second-order valence-electron chi connectivity index (χ2n) is 10.6. The lowest BCUT2D eigenvalue weighted by Gasteiger charge is -2.25. The molecule has 3 amide bonds. The first-order chi connectivity index (χ1) is 19.7. The number of imide groups is 1. The Balaban J connectivity index is 1.27. The minimum Gasteiger partial charge on any atom is -0.497 e. The van der Waals surface area contributed by atoms with Gasteiger partial charge in [-0.2, -0.15) is 10.2 Å². The number of hydrazone groups is 1. The van der Waals surface area contributed by atoms with Crippen molar-refractivity contribution >= 4 is 29.1 Å². The van der Waals surface area contributed by atoms with Crippen LogP contribution in [0, 0.1) is 20.8 Å². The highest BCUT2D eigenvalue weighted by molar-refractivity contribution is 6.25. The number of fused-ring (bicyclic) bond motifs is 1. The summed E-state index contributed by atoms with van der Waals surface area (Å²) >= 11 is 0. The van der Waals surface area contributed by atoms with Crippen molar-refractivity contribution in [1.29, 1.82) is 0 Å². The predicted molar refractivity (Wildman–Crippen MR) is 152 cm³/mol. The zero-order valence-electron chi connectivity index (χ0n) is 23.3. The van der Waals surface area contributed by atoms with Crippen molar-refractivity contribution in [2.75, 3.05) is 18.6 Å². The third kappa shape index (κ3) is 4.65. The number of hydrogen-bond acceptors (Lipinski definition) is 8. The van der Waals surface area contributed by atoms with Gasteiger partial charge in [0, 0.05) is 12.0 Å². The second-order valence-corrected chi connectivity index (χ2v) is 10.6. The van der Waals surface area contributed by atoms with Crippen LogP contribution in [-0.4, -0.2) is 59.2 Å². The number of carbonyl (C=O) groups excluding carboxylic acids is 3. The molecule has 0 radical (unpaired) electrons. The fraction of sp³-hybridized carbons (Fsp3) is 0.290. The SMILES string of the molecule is COc1ccc([C@@H]2CC(c3ccc(C)cc3C)=NN2C(=O)CN2N=N[C@H]3C(=O)N(c4ccc(C)cc4)C(=O)[C@@H]32)cc1. The smallest absolute Gasteiger partial charge is 0.264 e. The maximum absolute atomic E-state index is 13.8. The number of methoxy groups -OCH3 is 1. The van der Waals surface area contributed by atoms with Crippen LogP contribution in [0.5, 0.6) is 5.75 Å². The van der Waals surface area contributed by atoms with E-state index in [4.69, 9.17) is 9.84 Å². The van der Waals surface area contributed by atoms with Crippen molar-refractivity contribution in [3.05, 3.63) is 94.5 Å². The number of nitrogens with zero attached hydrogens (tertiary/aromatic N) is 6. The molecular formula is C31H30N6O4. The van der Waals surface area contributed by atoms with E-state index in [2.05, 4.69) is 16.4 Å².